The number of rotatable bonds is 8. The first-order valence-electron chi connectivity index (χ1n) is 14.3. The fourth-order valence-electron chi connectivity index (χ4n) is 6.01. The Labute approximate surface area is 255 Å². The zero-order chi connectivity index (χ0) is 29.1. The molecule has 7 heteroatoms. The Morgan fingerprint density at radius 1 is 0.929 bits per heavy atom. The zero-order valence-electron chi connectivity index (χ0n) is 23.9. The van der Waals surface area contributed by atoms with Crippen LogP contribution in [0.5, 0.6) is 5.88 Å². The number of ether oxygens (including phenoxy) is 2. The third-order valence-electron chi connectivity index (χ3n) is 8.09. The monoisotopic (exact) mass is 623 g/mol. The highest BCUT2D eigenvalue weighted by molar-refractivity contribution is 9.10. The van der Waals surface area contributed by atoms with Crippen molar-refractivity contribution in [2.45, 2.75) is 19.0 Å². The lowest BCUT2D eigenvalue weighted by atomic mass is 9.92. The third kappa shape index (κ3) is 5.77. The maximum atomic E-state index is 14.6. The average molecular weight is 625 g/mol. The average Bonchev–Trinajstić information content (AvgIpc) is 3.03. The fourth-order valence-corrected chi connectivity index (χ4v) is 6.39. The molecule has 1 fully saturated rings. The fraction of sp³-hybridized carbons (Fsp3) is 0.257. The van der Waals surface area contributed by atoms with Crippen molar-refractivity contribution in [3.05, 3.63) is 118 Å². The van der Waals surface area contributed by atoms with Gasteiger partial charge in [0.2, 0.25) is 11.8 Å². The van der Waals surface area contributed by atoms with Gasteiger partial charge >= 0.3 is 0 Å². The van der Waals surface area contributed by atoms with Gasteiger partial charge in [-0.25, -0.2) is 4.98 Å². The summed E-state index contributed by atoms with van der Waals surface area (Å²) in [6.45, 7) is 5.15. The van der Waals surface area contributed by atoms with Gasteiger partial charge < -0.3 is 14.4 Å². The van der Waals surface area contributed by atoms with Crippen LogP contribution in [-0.4, -0.2) is 60.6 Å². The number of pyridine rings is 1. The van der Waals surface area contributed by atoms with Crippen LogP contribution in [0.1, 0.15) is 35.7 Å². The van der Waals surface area contributed by atoms with E-state index in [9.17, 15) is 4.79 Å². The van der Waals surface area contributed by atoms with Crippen molar-refractivity contribution in [1.29, 1.82) is 0 Å². The molecule has 0 bridgehead atoms. The van der Waals surface area contributed by atoms with E-state index >= 15 is 0 Å². The first-order valence-corrected chi connectivity index (χ1v) is 15.1. The van der Waals surface area contributed by atoms with Gasteiger partial charge in [0.05, 0.1) is 44.5 Å². The molecule has 0 spiro atoms. The van der Waals surface area contributed by atoms with Gasteiger partial charge in [0.25, 0.3) is 0 Å². The van der Waals surface area contributed by atoms with Crippen LogP contribution in [0.4, 0.5) is 0 Å². The van der Waals surface area contributed by atoms with Crippen molar-refractivity contribution >= 4 is 43.5 Å². The molecule has 6 nitrogen and oxygen atoms in total. The lowest BCUT2D eigenvalue weighted by molar-refractivity contribution is -0.137. The second-order valence-corrected chi connectivity index (χ2v) is 11.6. The highest BCUT2D eigenvalue weighted by Gasteiger charge is 2.35. The molecule has 0 aliphatic carbocycles. The minimum absolute atomic E-state index is 0.0441. The lowest BCUT2D eigenvalue weighted by Gasteiger charge is -2.40. The minimum Gasteiger partial charge on any atom is -0.481 e. The van der Waals surface area contributed by atoms with Crippen molar-refractivity contribution in [2.24, 2.45) is 0 Å². The number of nitrogens with zero attached hydrogens (tertiary/aromatic N) is 3. The first kappa shape index (κ1) is 28.3. The summed E-state index contributed by atoms with van der Waals surface area (Å²) in [7, 11) is 1.65. The van der Waals surface area contributed by atoms with Crippen LogP contribution >= 0.6 is 15.9 Å². The third-order valence-corrected chi connectivity index (χ3v) is 8.59. The van der Waals surface area contributed by atoms with Crippen LogP contribution < -0.4 is 4.74 Å². The molecule has 0 radical (unpaired) electrons. The molecule has 6 rings (SSSR count). The van der Waals surface area contributed by atoms with Gasteiger partial charge in [0, 0.05) is 28.5 Å². The number of hydrogen-bond donors (Lipinski definition) is 0. The Morgan fingerprint density at radius 3 is 2.45 bits per heavy atom. The van der Waals surface area contributed by atoms with E-state index in [1.807, 2.05) is 35.2 Å². The molecule has 1 aliphatic heterocycles. The van der Waals surface area contributed by atoms with Crippen LogP contribution in [0.15, 0.2) is 102 Å². The van der Waals surface area contributed by atoms with Crippen molar-refractivity contribution < 1.29 is 14.3 Å². The SMILES string of the molecule is COc1nc2ccc(Br)cc2cc1[C@H](c1ccccc1)N(C(=O)CN1CCOCC1)[C@@H](C)c1cccc2ccccc12. The number of benzene rings is 4. The molecule has 0 unspecified atom stereocenters. The molecule has 0 N–H and O–H groups in total. The highest BCUT2D eigenvalue weighted by atomic mass is 79.9. The Hall–Kier alpha value is -3.78. The van der Waals surface area contributed by atoms with E-state index in [0.717, 1.165) is 55.9 Å². The van der Waals surface area contributed by atoms with Crippen molar-refractivity contribution in [3.63, 3.8) is 0 Å². The number of amides is 1. The molecule has 214 valence electrons. The van der Waals surface area contributed by atoms with Gasteiger partial charge in [-0.15, -0.1) is 0 Å². The number of halogens is 1. The largest absolute Gasteiger partial charge is 0.481 e. The zero-order valence-corrected chi connectivity index (χ0v) is 25.5. The predicted octanol–water partition coefficient (Wildman–Crippen LogP) is 7.17. The Kier molecular flexibility index (Phi) is 8.51. The number of aromatic nitrogens is 1. The Balaban J connectivity index is 1.56. The van der Waals surface area contributed by atoms with E-state index < -0.39 is 6.04 Å². The van der Waals surface area contributed by atoms with Crippen molar-refractivity contribution in [2.75, 3.05) is 40.0 Å². The number of carbonyl (C=O) groups excluding carboxylic acids is 1. The smallest absolute Gasteiger partial charge is 0.238 e. The Bertz CT molecular complexity index is 1700. The van der Waals surface area contributed by atoms with Crippen molar-refractivity contribution in [3.8, 4) is 5.88 Å². The van der Waals surface area contributed by atoms with Gasteiger partial charge in [-0.2, -0.15) is 0 Å². The summed E-state index contributed by atoms with van der Waals surface area (Å²) in [5, 5.41) is 3.25. The molecule has 1 amide bonds. The first-order chi connectivity index (χ1) is 20.5. The number of morpholine rings is 1. The molecule has 0 saturated carbocycles. The van der Waals surface area contributed by atoms with E-state index in [0.29, 0.717) is 25.6 Å². The summed E-state index contributed by atoms with van der Waals surface area (Å²) in [5.74, 6) is 0.551. The van der Waals surface area contributed by atoms with Crippen LogP contribution in [-0.2, 0) is 9.53 Å². The summed E-state index contributed by atoms with van der Waals surface area (Å²) in [4.78, 5) is 23.8. The van der Waals surface area contributed by atoms with E-state index in [1.54, 1.807) is 7.11 Å². The second kappa shape index (κ2) is 12.6. The molecule has 2 atom stereocenters. The molecule has 4 aromatic carbocycles. The maximum absolute atomic E-state index is 14.6. The van der Waals surface area contributed by atoms with E-state index in [1.165, 1.54) is 0 Å². The quantitative estimate of drug-likeness (QED) is 0.183. The summed E-state index contributed by atoms with van der Waals surface area (Å²) < 4.78 is 12.5. The summed E-state index contributed by atoms with van der Waals surface area (Å²) in [6.07, 6.45) is 0. The van der Waals surface area contributed by atoms with E-state index in [2.05, 4.69) is 94.5 Å². The molecular formula is C35H34BrN3O3. The van der Waals surface area contributed by atoms with Crippen LogP contribution in [0.25, 0.3) is 21.7 Å². The van der Waals surface area contributed by atoms with Gasteiger partial charge in [0.15, 0.2) is 0 Å². The highest BCUT2D eigenvalue weighted by Crippen LogP contribution is 2.41. The molecule has 1 aliphatic rings. The summed E-state index contributed by atoms with van der Waals surface area (Å²) >= 11 is 3.62. The van der Waals surface area contributed by atoms with Crippen LogP contribution in [0.3, 0.4) is 0 Å². The van der Waals surface area contributed by atoms with Crippen LogP contribution in [0, 0.1) is 0 Å². The lowest BCUT2D eigenvalue weighted by Crippen LogP contribution is -2.47. The summed E-state index contributed by atoms with van der Waals surface area (Å²) in [5.41, 5.74) is 3.77. The van der Waals surface area contributed by atoms with Gasteiger partial charge in [-0.3, -0.25) is 9.69 Å². The number of methoxy groups -OCH3 is 1. The summed E-state index contributed by atoms with van der Waals surface area (Å²) in [6, 6.07) is 32.3. The molecule has 42 heavy (non-hydrogen) atoms. The van der Waals surface area contributed by atoms with Crippen molar-refractivity contribution in [1.82, 2.24) is 14.8 Å². The maximum Gasteiger partial charge on any atom is 0.238 e. The molecular weight excluding hydrogens is 590 g/mol. The predicted molar refractivity (Wildman–Crippen MR) is 171 cm³/mol. The van der Waals surface area contributed by atoms with Gasteiger partial charge in [-0.05, 0) is 53.1 Å². The molecule has 5 aromatic rings. The minimum atomic E-state index is -0.445. The molecule has 2 heterocycles. The van der Waals surface area contributed by atoms with Crippen LogP contribution in [0.2, 0.25) is 0 Å². The topological polar surface area (TPSA) is 54.9 Å². The Morgan fingerprint density at radius 2 is 1.67 bits per heavy atom. The number of fused-ring (bicyclic) bond motifs is 2. The standard InChI is InChI=1S/C35H34BrN3O3/c1-24(29-14-8-12-25-9-6-7-13-30(25)29)39(33(40)23-38-17-19-42-20-18-38)34(26-10-4-3-5-11-26)31-22-27-21-28(36)15-16-32(27)37-35(31)41-2/h3-16,21-22,24,34H,17-20,23H2,1-2H3/t24-,34-/m0/s1. The van der Waals surface area contributed by atoms with Gasteiger partial charge in [0.1, 0.15) is 0 Å². The number of hydrogen-bond acceptors (Lipinski definition) is 5. The molecule has 1 saturated heterocycles. The normalized spacial score (nSPS) is 15.4. The molecule has 1 aromatic heterocycles. The van der Waals surface area contributed by atoms with E-state index in [-0.39, 0.29) is 11.9 Å². The second-order valence-electron chi connectivity index (χ2n) is 10.7. The van der Waals surface area contributed by atoms with Gasteiger partial charge in [-0.1, -0.05) is 88.7 Å². The van der Waals surface area contributed by atoms with E-state index in [4.69, 9.17) is 14.5 Å². The number of carbonyl (C=O) groups is 1.